The molecule has 0 atom stereocenters. The van der Waals surface area contributed by atoms with Crippen LogP contribution in [0.1, 0.15) is 23.0 Å². The predicted octanol–water partition coefficient (Wildman–Crippen LogP) is 5.14. The van der Waals surface area contributed by atoms with Crippen LogP contribution in [0.25, 0.3) is 22.4 Å². The number of nitrogens with zero attached hydrogens (tertiary/aromatic N) is 2. The molecule has 0 spiro atoms. The van der Waals surface area contributed by atoms with E-state index >= 15 is 0 Å². The van der Waals surface area contributed by atoms with Crippen LogP contribution in [-0.4, -0.2) is 22.6 Å². The van der Waals surface area contributed by atoms with Crippen molar-refractivity contribution in [3.63, 3.8) is 0 Å². The molecule has 0 unspecified atom stereocenters. The van der Waals surface area contributed by atoms with E-state index in [9.17, 15) is 14.0 Å². The Morgan fingerprint density at radius 3 is 2.41 bits per heavy atom. The van der Waals surface area contributed by atoms with Gasteiger partial charge in [0.15, 0.2) is 0 Å². The molecule has 0 bridgehead atoms. The average Bonchev–Trinajstić information content (AvgIpc) is 2.70. The second-order valence-electron chi connectivity index (χ2n) is 6.25. The summed E-state index contributed by atoms with van der Waals surface area (Å²) >= 11 is 12.0. The molecule has 0 saturated heterocycles. The van der Waals surface area contributed by atoms with Crippen LogP contribution in [0, 0.1) is 12.7 Å². The van der Waals surface area contributed by atoms with Gasteiger partial charge in [-0.3, -0.25) is 4.79 Å². The van der Waals surface area contributed by atoms with Crippen LogP contribution in [0.3, 0.4) is 0 Å². The summed E-state index contributed by atoms with van der Waals surface area (Å²) in [4.78, 5) is 30.1. The molecule has 0 aliphatic heterocycles. The summed E-state index contributed by atoms with van der Waals surface area (Å²) < 4.78 is 20.1. The first-order valence-electron chi connectivity index (χ1n) is 8.73. The van der Waals surface area contributed by atoms with Gasteiger partial charge in [0.2, 0.25) is 5.43 Å². The molecule has 2 heterocycles. The minimum absolute atomic E-state index is 0.111. The highest BCUT2D eigenvalue weighted by atomic mass is 35.5. The topological polar surface area (TPSA) is 61.2 Å². The van der Waals surface area contributed by atoms with E-state index in [-0.39, 0.29) is 15.7 Å². The standard InChI is InChI=1S/C21H17Cl2FN2O3/c1-4-26-11(2)16(12-5-7-14(24)8-6-12)19(27)17(21(28)29-3)18(26)13-9-15(22)20(23)25-10-13/h5-10H,4H2,1-3H3. The zero-order valence-corrected chi connectivity index (χ0v) is 17.4. The quantitative estimate of drug-likeness (QED) is 0.421. The molecular formula is C21H17Cl2FN2O3. The van der Waals surface area contributed by atoms with Crippen molar-refractivity contribution in [2.45, 2.75) is 20.4 Å². The van der Waals surface area contributed by atoms with Crippen molar-refractivity contribution in [1.29, 1.82) is 0 Å². The van der Waals surface area contributed by atoms with Crippen molar-refractivity contribution in [3.05, 3.63) is 74.0 Å². The molecule has 0 saturated carbocycles. The van der Waals surface area contributed by atoms with Crippen LogP contribution in [0.15, 0.2) is 41.3 Å². The van der Waals surface area contributed by atoms with E-state index in [1.54, 1.807) is 17.6 Å². The van der Waals surface area contributed by atoms with Gasteiger partial charge in [0.1, 0.15) is 16.5 Å². The first-order valence-corrected chi connectivity index (χ1v) is 9.48. The Morgan fingerprint density at radius 2 is 1.86 bits per heavy atom. The normalized spacial score (nSPS) is 10.8. The SMILES string of the molecule is CCn1c(C)c(-c2ccc(F)cc2)c(=O)c(C(=O)OC)c1-c1cnc(Cl)c(Cl)c1. The Hall–Kier alpha value is -2.70. The van der Waals surface area contributed by atoms with E-state index in [1.165, 1.54) is 37.6 Å². The molecule has 5 nitrogen and oxygen atoms in total. The van der Waals surface area contributed by atoms with Gasteiger partial charge in [0, 0.05) is 29.6 Å². The maximum Gasteiger partial charge on any atom is 0.344 e. The lowest BCUT2D eigenvalue weighted by Crippen LogP contribution is -2.26. The van der Waals surface area contributed by atoms with Gasteiger partial charge >= 0.3 is 5.97 Å². The molecule has 3 aromatic rings. The number of methoxy groups -OCH3 is 1. The summed E-state index contributed by atoms with van der Waals surface area (Å²) in [5.41, 5.74) is 1.51. The van der Waals surface area contributed by atoms with Crippen molar-refractivity contribution in [1.82, 2.24) is 9.55 Å². The third-order valence-corrected chi connectivity index (χ3v) is 5.32. The Balaban J connectivity index is 2.45. The lowest BCUT2D eigenvalue weighted by Gasteiger charge is -2.21. The maximum absolute atomic E-state index is 13.4. The second kappa shape index (κ2) is 8.35. The molecule has 3 rings (SSSR count). The van der Waals surface area contributed by atoms with Crippen LogP contribution in [0.2, 0.25) is 10.2 Å². The van der Waals surface area contributed by atoms with Gasteiger partial charge in [0.05, 0.1) is 17.8 Å². The smallest absolute Gasteiger partial charge is 0.344 e. The van der Waals surface area contributed by atoms with Crippen LogP contribution in [0.5, 0.6) is 0 Å². The molecule has 0 fully saturated rings. The minimum atomic E-state index is -0.790. The van der Waals surface area contributed by atoms with E-state index in [0.717, 1.165) is 0 Å². The highest BCUT2D eigenvalue weighted by molar-refractivity contribution is 6.41. The molecule has 2 aromatic heterocycles. The van der Waals surface area contributed by atoms with E-state index in [0.29, 0.717) is 34.6 Å². The zero-order chi connectivity index (χ0) is 21.3. The number of halogens is 3. The Bertz CT molecular complexity index is 1160. The van der Waals surface area contributed by atoms with Gasteiger partial charge in [-0.1, -0.05) is 35.3 Å². The van der Waals surface area contributed by atoms with Crippen molar-refractivity contribution >= 4 is 29.2 Å². The molecule has 8 heteroatoms. The summed E-state index contributed by atoms with van der Waals surface area (Å²) in [7, 11) is 1.20. The van der Waals surface area contributed by atoms with Crippen molar-refractivity contribution < 1.29 is 13.9 Å². The third-order valence-electron chi connectivity index (χ3n) is 4.64. The van der Waals surface area contributed by atoms with Gasteiger partial charge < -0.3 is 9.30 Å². The van der Waals surface area contributed by atoms with Crippen LogP contribution in [0.4, 0.5) is 4.39 Å². The number of hydrogen-bond donors (Lipinski definition) is 0. The lowest BCUT2D eigenvalue weighted by atomic mass is 9.96. The van der Waals surface area contributed by atoms with Crippen molar-refractivity contribution in [2.75, 3.05) is 7.11 Å². The lowest BCUT2D eigenvalue weighted by molar-refractivity contribution is 0.0599. The summed E-state index contributed by atoms with van der Waals surface area (Å²) in [5.74, 6) is -1.21. The molecular weight excluding hydrogens is 418 g/mol. The molecule has 0 radical (unpaired) electrons. The molecule has 0 aliphatic carbocycles. The number of esters is 1. The largest absolute Gasteiger partial charge is 0.465 e. The van der Waals surface area contributed by atoms with Crippen molar-refractivity contribution in [3.8, 4) is 22.4 Å². The van der Waals surface area contributed by atoms with Gasteiger partial charge in [-0.05, 0) is 37.6 Å². The highest BCUT2D eigenvalue weighted by Crippen LogP contribution is 2.32. The van der Waals surface area contributed by atoms with Crippen LogP contribution < -0.4 is 5.43 Å². The summed E-state index contributed by atoms with van der Waals surface area (Å²) in [6, 6.07) is 7.07. The highest BCUT2D eigenvalue weighted by Gasteiger charge is 2.26. The van der Waals surface area contributed by atoms with E-state index in [1.807, 2.05) is 6.92 Å². The Kier molecular flexibility index (Phi) is 6.05. The number of aromatic nitrogens is 2. The van der Waals surface area contributed by atoms with Crippen LogP contribution in [-0.2, 0) is 11.3 Å². The van der Waals surface area contributed by atoms with E-state index < -0.39 is 17.2 Å². The number of carbonyl (C=O) groups excluding carboxylic acids is 1. The van der Waals surface area contributed by atoms with Crippen molar-refractivity contribution in [2.24, 2.45) is 0 Å². The number of ether oxygens (including phenoxy) is 1. The van der Waals surface area contributed by atoms with Gasteiger partial charge in [-0.25, -0.2) is 14.2 Å². The Labute approximate surface area is 176 Å². The maximum atomic E-state index is 13.4. The molecule has 29 heavy (non-hydrogen) atoms. The van der Waals surface area contributed by atoms with Gasteiger partial charge in [0.25, 0.3) is 0 Å². The summed E-state index contributed by atoms with van der Waals surface area (Å²) in [6.45, 7) is 4.08. The van der Waals surface area contributed by atoms with E-state index in [4.69, 9.17) is 27.9 Å². The van der Waals surface area contributed by atoms with Gasteiger partial charge in [-0.15, -0.1) is 0 Å². The fraction of sp³-hybridized carbons (Fsp3) is 0.190. The number of rotatable bonds is 4. The first kappa shape index (κ1) is 21.0. The van der Waals surface area contributed by atoms with E-state index in [2.05, 4.69) is 4.98 Å². The summed E-state index contributed by atoms with van der Waals surface area (Å²) in [6.07, 6.45) is 1.44. The predicted molar refractivity (Wildman–Crippen MR) is 111 cm³/mol. The molecule has 1 aromatic carbocycles. The fourth-order valence-electron chi connectivity index (χ4n) is 3.33. The second-order valence-corrected chi connectivity index (χ2v) is 7.02. The summed E-state index contributed by atoms with van der Waals surface area (Å²) in [5, 5.41) is 0.301. The third kappa shape index (κ3) is 3.78. The van der Waals surface area contributed by atoms with Crippen LogP contribution >= 0.6 is 23.2 Å². The first-order chi connectivity index (χ1) is 13.8. The minimum Gasteiger partial charge on any atom is -0.465 e. The van der Waals surface area contributed by atoms with Gasteiger partial charge in [-0.2, -0.15) is 0 Å². The molecule has 0 N–H and O–H groups in total. The number of pyridine rings is 2. The molecule has 150 valence electrons. The number of carbonyl (C=O) groups is 1. The monoisotopic (exact) mass is 434 g/mol. The average molecular weight is 435 g/mol. The zero-order valence-electron chi connectivity index (χ0n) is 15.9. The Morgan fingerprint density at radius 1 is 1.21 bits per heavy atom. The number of hydrogen-bond acceptors (Lipinski definition) is 4. The molecule has 0 aliphatic rings. The number of benzene rings is 1. The molecule has 0 amide bonds. The fourth-order valence-corrected chi connectivity index (χ4v) is 3.60.